The van der Waals surface area contributed by atoms with Crippen molar-refractivity contribution in [2.24, 2.45) is 0 Å². The minimum Gasteiger partial charge on any atom is -0.503 e. The minimum atomic E-state index is -0.204. The maximum atomic E-state index is 12.8. The summed E-state index contributed by atoms with van der Waals surface area (Å²) in [7, 11) is 0. The molecular weight excluding hydrogens is 458 g/mol. The van der Waals surface area contributed by atoms with E-state index in [1.807, 2.05) is 6.92 Å². The van der Waals surface area contributed by atoms with E-state index in [0.29, 0.717) is 36.8 Å². The molecule has 0 saturated carbocycles. The lowest BCUT2D eigenvalue weighted by atomic mass is 10.2. The monoisotopic (exact) mass is 469 g/mol. The molecule has 26 heavy (non-hydrogen) atoms. The number of anilines is 1. The highest BCUT2D eigenvalue weighted by molar-refractivity contribution is 9.10. The molecule has 0 radical (unpaired) electrons. The Hall–Kier alpha value is -1.54. The van der Waals surface area contributed by atoms with Gasteiger partial charge in [0.15, 0.2) is 15.8 Å². The van der Waals surface area contributed by atoms with Gasteiger partial charge in [-0.1, -0.05) is 35.6 Å². The van der Waals surface area contributed by atoms with Gasteiger partial charge in [-0.15, -0.1) is 0 Å². The topological polar surface area (TPSA) is 49.8 Å². The number of hydrogen-bond acceptors (Lipinski definition) is 5. The summed E-state index contributed by atoms with van der Waals surface area (Å²) in [5, 5.41) is 10.6. The zero-order valence-corrected chi connectivity index (χ0v) is 17.5. The van der Waals surface area contributed by atoms with E-state index in [1.54, 1.807) is 42.5 Å². The number of thiocarbonyl (C=S) groups is 1. The molecule has 1 saturated heterocycles. The minimum absolute atomic E-state index is 0.0257. The Kier molecular flexibility index (Phi) is 5.92. The second kappa shape index (κ2) is 8.00. The highest BCUT2D eigenvalue weighted by atomic mass is 79.9. The number of phenols is 1. The van der Waals surface area contributed by atoms with Crippen LogP contribution >= 0.6 is 51.5 Å². The van der Waals surface area contributed by atoms with Crippen LogP contribution in [0.5, 0.6) is 11.5 Å². The van der Waals surface area contributed by atoms with Gasteiger partial charge < -0.3 is 9.84 Å². The third-order valence-corrected chi connectivity index (χ3v) is 5.69. The van der Waals surface area contributed by atoms with Gasteiger partial charge in [0, 0.05) is 5.02 Å². The molecule has 8 heteroatoms. The van der Waals surface area contributed by atoms with Crippen LogP contribution in [0.2, 0.25) is 5.02 Å². The van der Waals surface area contributed by atoms with Crippen molar-refractivity contribution in [3.63, 3.8) is 0 Å². The molecule has 1 N–H and O–H groups in total. The molecule has 0 bridgehead atoms. The van der Waals surface area contributed by atoms with Crippen molar-refractivity contribution in [2.45, 2.75) is 6.92 Å². The fourth-order valence-corrected chi connectivity index (χ4v) is 4.26. The van der Waals surface area contributed by atoms with Gasteiger partial charge in [0.2, 0.25) is 0 Å². The van der Waals surface area contributed by atoms with Gasteiger partial charge in [0.1, 0.15) is 0 Å². The molecule has 1 fully saturated rings. The van der Waals surface area contributed by atoms with Crippen LogP contribution in [0, 0.1) is 0 Å². The van der Waals surface area contributed by atoms with Gasteiger partial charge in [0.05, 0.1) is 21.7 Å². The number of carbonyl (C=O) groups is 1. The Labute approximate surface area is 173 Å². The van der Waals surface area contributed by atoms with Gasteiger partial charge in [-0.25, -0.2) is 0 Å². The van der Waals surface area contributed by atoms with Crippen molar-refractivity contribution in [3.8, 4) is 11.5 Å². The molecule has 2 aromatic rings. The summed E-state index contributed by atoms with van der Waals surface area (Å²) in [6.45, 7) is 2.25. The molecule has 3 rings (SSSR count). The highest BCUT2D eigenvalue weighted by Gasteiger charge is 2.33. The van der Waals surface area contributed by atoms with E-state index in [9.17, 15) is 9.90 Å². The summed E-state index contributed by atoms with van der Waals surface area (Å²) < 4.78 is 6.36. The molecule has 4 nitrogen and oxygen atoms in total. The van der Waals surface area contributed by atoms with E-state index in [1.165, 1.54) is 16.7 Å². The first-order valence-corrected chi connectivity index (χ1v) is 9.99. The van der Waals surface area contributed by atoms with Crippen LogP contribution in [-0.2, 0) is 4.79 Å². The Bertz CT molecular complexity index is 915. The Morgan fingerprint density at radius 1 is 1.35 bits per heavy atom. The third kappa shape index (κ3) is 3.91. The molecule has 1 aliphatic rings. The molecule has 0 spiro atoms. The third-order valence-electron chi connectivity index (χ3n) is 3.53. The number of thioether (sulfide) groups is 1. The molecule has 0 unspecified atom stereocenters. The van der Waals surface area contributed by atoms with Gasteiger partial charge in [0.25, 0.3) is 5.91 Å². The van der Waals surface area contributed by atoms with Crippen LogP contribution in [0.25, 0.3) is 6.08 Å². The SMILES string of the molecule is CCOc1cc(/C=C2\SC(=S)N(c3ccc(Cl)cc3)C2=O)cc(Br)c1O. The van der Waals surface area contributed by atoms with E-state index in [-0.39, 0.29) is 11.7 Å². The molecule has 134 valence electrons. The normalized spacial score (nSPS) is 15.8. The van der Waals surface area contributed by atoms with E-state index in [4.69, 9.17) is 28.6 Å². The van der Waals surface area contributed by atoms with Gasteiger partial charge in [-0.05, 0) is 70.9 Å². The summed E-state index contributed by atoms with van der Waals surface area (Å²) in [5.74, 6) is 0.170. The molecule has 1 aliphatic heterocycles. The fraction of sp³-hybridized carbons (Fsp3) is 0.111. The van der Waals surface area contributed by atoms with Crippen molar-refractivity contribution < 1.29 is 14.6 Å². The summed E-state index contributed by atoms with van der Waals surface area (Å²) >= 11 is 15.8. The number of halogens is 2. The average Bonchev–Trinajstić information content (AvgIpc) is 2.87. The molecular formula is C18H13BrClNO3S2. The van der Waals surface area contributed by atoms with E-state index in [0.717, 1.165) is 5.56 Å². The van der Waals surface area contributed by atoms with Crippen molar-refractivity contribution in [1.82, 2.24) is 0 Å². The molecule has 0 atom stereocenters. The smallest absolute Gasteiger partial charge is 0.270 e. The number of aromatic hydroxyl groups is 1. The predicted molar refractivity (Wildman–Crippen MR) is 114 cm³/mol. The first kappa shape index (κ1) is 19.2. The summed E-state index contributed by atoms with van der Waals surface area (Å²) in [4.78, 5) is 14.8. The van der Waals surface area contributed by atoms with Crippen molar-refractivity contribution in [2.75, 3.05) is 11.5 Å². The largest absolute Gasteiger partial charge is 0.503 e. The van der Waals surface area contributed by atoms with Crippen LogP contribution in [0.3, 0.4) is 0 Å². The number of rotatable bonds is 4. The number of phenolic OH excluding ortho intramolecular Hbond substituents is 1. The molecule has 2 aromatic carbocycles. The fourth-order valence-electron chi connectivity index (χ4n) is 2.37. The number of nitrogens with zero attached hydrogens (tertiary/aromatic N) is 1. The number of carbonyl (C=O) groups excluding carboxylic acids is 1. The van der Waals surface area contributed by atoms with Gasteiger partial charge in [-0.3, -0.25) is 9.69 Å². The zero-order valence-electron chi connectivity index (χ0n) is 13.5. The first-order chi connectivity index (χ1) is 12.4. The van der Waals surface area contributed by atoms with E-state index in [2.05, 4.69) is 15.9 Å². The van der Waals surface area contributed by atoms with Crippen molar-refractivity contribution in [1.29, 1.82) is 0 Å². The summed E-state index contributed by atoms with van der Waals surface area (Å²) in [6, 6.07) is 10.3. The second-order valence-corrected chi connectivity index (χ2v) is 8.24. The van der Waals surface area contributed by atoms with E-state index >= 15 is 0 Å². The van der Waals surface area contributed by atoms with Gasteiger partial charge in [-0.2, -0.15) is 0 Å². The number of amides is 1. The van der Waals surface area contributed by atoms with Crippen molar-refractivity contribution >= 4 is 73.5 Å². The van der Waals surface area contributed by atoms with Crippen molar-refractivity contribution in [3.05, 3.63) is 56.4 Å². The van der Waals surface area contributed by atoms with Crippen LogP contribution in [0.1, 0.15) is 12.5 Å². The quantitative estimate of drug-likeness (QED) is 0.465. The number of ether oxygens (including phenoxy) is 1. The Morgan fingerprint density at radius 2 is 2.04 bits per heavy atom. The molecule has 1 heterocycles. The van der Waals surface area contributed by atoms with Crippen LogP contribution in [0.15, 0.2) is 45.8 Å². The lowest BCUT2D eigenvalue weighted by Gasteiger charge is -2.14. The Morgan fingerprint density at radius 3 is 2.69 bits per heavy atom. The maximum absolute atomic E-state index is 12.8. The highest BCUT2D eigenvalue weighted by Crippen LogP contribution is 2.39. The number of benzene rings is 2. The molecule has 0 aliphatic carbocycles. The van der Waals surface area contributed by atoms with Crippen LogP contribution in [-0.4, -0.2) is 21.9 Å². The lowest BCUT2D eigenvalue weighted by Crippen LogP contribution is -2.27. The summed E-state index contributed by atoms with van der Waals surface area (Å²) in [6.07, 6.45) is 1.72. The number of hydrogen-bond donors (Lipinski definition) is 1. The standard InChI is InChI=1S/C18H13BrClNO3S2/c1-2-24-14-8-10(7-13(19)16(14)22)9-15-17(23)21(18(25)26-15)12-5-3-11(20)4-6-12/h3-9,22H,2H2,1H3/b15-9-. The van der Waals surface area contributed by atoms with Gasteiger partial charge >= 0.3 is 0 Å². The maximum Gasteiger partial charge on any atom is 0.270 e. The lowest BCUT2D eigenvalue weighted by molar-refractivity contribution is -0.113. The first-order valence-electron chi connectivity index (χ1n) is 7.59. The zero-order chi connectivity index (χ0) is 18.8. The van der Waals surface area contributed by atoms with E-state index < -0.39 is 0 Å². The summed E-state index contributed by atoms with van der Waals surface area (Å²) in [5.41, 5.74) is 1.39. The molecule has 0 aromatic heterocycles. The average molecular weight is 471 g/mol. The molecule has 1 amide bonds. The predicted octanol–water partition coefficient (Wildman–Crippen LogP) is 5.61. The Balaban J connectivity index is 1.94. The van der Waals surface area contributed by atoms with Crippen LogP contribution < -0.4 is 9.64 Å². The van der Waals surface area contributed by atoms with Crippen LogP contribution in [0.4, 0.5) is 5.69 Å². The second-order valence-electron chi connectivity index (χ2n) is 5.28.